The number of likely N-dealkylation sites (tertiary alicyclic amines) is 1. The number of Topliss-reactive ketones (excluding diaryl/α,β-unsaturated/α-hetero) is 1. The Balaban J connectivity index is 1.58. The average molecular weight is 598 g/mol. The summed E-state index contributed by atoms with van der Waals surface area (Å²) < 4.78 is 32.3. The number of carbonyl (C=O) groups is 3. The Hall–Kier alpha value is -3.19. The van der Waals surface area contributed by atoms with Crippen molar-refractivity contribution in [1.29, 1.82) is 0 Å². The topological polar surface area (TPSA) is 164 Å². The van der Waals surface area contributed by atoms with E-state index < -0.39 is 44.5 Å². The second-order valence-electron chi connectivity index (χ2n) is 8.41. The summed E-state index contributed by atoms with van der Waals surface area (Å²) in [7, 11) is -4.44. The second-order valence-corrected chi connectivity index (χ2v) is 10.8. The van der Waals surface area contributed by atoms with Gasteiger partial charge < -0.3 is 24.7 Å². The van der Waals surface area contributed by atoms with E-state index in [2.05, 4.69) is 31.3 Å². The zero-order chi connectivity index (χ0) is 26.9. The van der Waals surface area contributed by atoms with Gasteiger partial charge in [-0.05, 0) is 40.2 Å². The van der Waals surface area contributed by atoms with E-state index in [-0.39, 0.29) is 41.5 Å². The van der Waals surface area contributed by atoms with E-state index in [1.54, 1.807) is 18.2 Å². The number of alkyl halides is 1. The Morgan fingerprint density at radius 1 is 1.27 bits per heavy atom. The van der Waals surface area contributed by atoms with Crippen molar-refractivity contribution in [2.75, 3.05) is 18.2 Å². The van der Waals surface area contributed by atoms with Crippen molar-refractivity contribution in [3.05, 3.63) is 46.7 Å². The van der Waals surface area contributed by atoms with Crippen LogP contribution in [0.15, 0.2) is 41.0 Å². The van der Waals surface area contributed by atoms with Gasteiger partial charge in [0.1, 0.15) is 40.6 Å². The zero-order valence-corrected chi connectivity index (χ0v) is 21.9. The lowest BCUT2D eigenvalue weighted by Gasteiger charge is -2.23. The maximum atomic E-state index is 14.3. The summed E-state index contributed by atoms with van der Waals surface area (Å²) >= 11 is 3.21. The fraction of sp³-hybridized carbons (Fsp3) is 0.318. The number of hydrogen-bond acceptors (Lipinski definition) is 7. The summed E-state index contributed by atoms with van der Waals surface area (Å²) in [4.78, 5) is 61.6. The van der Waals surface area contributed by atoms with Gasteiger partial charge in [-0.2, -0.15) is 5.10 Å². The first kappa shape index (κ1) is 26.9. The average Bonchev–Trinajstić information content (AvgIpc) is 3.38. The Kier molecular flexibility index (Phi) is 7.74. The lowest BCUT2D eigenvalue weighted by atomic mass is 10.1. The van der Waals surface area contributed by atoms with Crippen molar-refractivity contribution in [1.82, 2.24) is 19.7 Å². The number of ether oxygens (including phenoxy) is 1. The molecule has 37 heavy (non-hydrogen) atoms. The van der Waals surface area contributed by atoms with Crippen LogP contribution in [0.5, 0.6) is 5.75 Å². The molecule has 1 fully saturated rings. The third kappa shape index (κ3) is 6.39. The molecule has 0 unspecified atom stereocenters. The van der Waals surface area contributed by atoms with Crippen molar-refractivity contribution in [2.24, 2.45) is 0 Å². The molecule has 2 atom stereocenters. The SMILES string of the molecule is CC(=O)c1nn(CC(=O)N2C[C@H](F)C[C@H]2C(=O)Nc2cccc(Br)n2)c2cc(OCP(=O)(O)O)ccc12. The van der Waals surface area contributed by atoms with Gasteiger partial charge in [0.25, 0.3) is 0 Å². The standard InChI is InChI=1S/C22H22BrFN5O7P/c1-12(30)21-15-6-5-14(36-11-37(33,34)35)8-16(15)29(27-21)10-20(31)28-9-13(24)7-17(28)22(32)26-19-4-2-3-18(23)25-19/h2-6,8,13,17H,7,9-11H2,1H3,(H,25,26,32)(H2,33,34,35)/t13-,17+/m1/s1. The van der Waals surface area contributed by atoms with E-state index in [1.807, 2.05) is 0 Å². The monoisotopic (exact) mass is 597 g/mol. The van der Waals surface area contributed by atoms with Crippen molar-refractivity contribution < 1.29 is 37.9 Å². The fourth-order valence-corrected chi connectivity index (χ4v) is 4.66. The number of nitrogens with one attached hydrogen (secondary N) is 1. The molecule has 3 heterocycles. The first-order valence-electron chi connectivity index (χ1n) is 11.0. The van der Waals surface area contributed by atoms with Gasteiger partial charge in [-0.15, -0.1) is 0 Å². The number of aromatic nitrogens is 3. The van der Waals surface area contributed by atoms with Gasteiger partial charge in [0, 0.05) is 24.8 Å². The minimum Gasteiger partial charge on any atom is -0.481 e. The molecule has 15 heteroatoms. The minimum absolute atomic E-state index is 0.0733. The number of fused-ring (bicyclic) bond motifs is 1. The van der Waals surface area contributed by atoms with Gasteiger partial charge >= 0.3 is 7.60 Å². The lowest BCUT2D eigenvalue weighted by molar-refractivity contribution is -0.137. The van der Waals surface area contributed by atoms with Gasteiger partial charge in [-0.1, -0.05) is 6.07 Å². The third-order valence-electron chi connectivity index (χ3n) is 5.58. The van der Waals surface area contributed by atoms with Crippen LogP contribution in [0.4, 0.5) is 10.2 Å². The van der Waals surface area contributed by atoms with Gasteiger partial charge in [-0.3, -0.25) is 23.6 Å². The molecule has 2 amide bonds. The normalized spacial score (nSPS) is 17.7. The molecular formula is C22H22BrFN5O7P. The molecule has 0 aliphatic carbocycles. The smallest absolute Gasteiger partial charge is 0.362 e. The Morgan fingerprint density at radius 2 is 2.03 bits per heavy atom. The summed E-state index contributed by atoms with van der Waals surface area (Å²) in [6.07, 6.45) is -2.46. The van der Waals surface area contributed by atoms with Crippen molar-refractivity contribution in [3.63, 3.8) is 0 Å². The van der Waals surface area contributed by atoms with Crippen LogP contribution in [-0.4, -0.2) is 72.2 Å². The van der Waals surface area contributed by atoms with Gasteiger partial charge in [0.15, 0.2) is 12.1 Å². The molecule has 3 N–H and O–H groups in total. The molecule has 4 rings (SSSR count). The van der Waals surface area contributed by atoms with Crippen LogP contribution >= 0.6 is 23.5 Å². The van der Waals surface area contributed by atoms with Crippen LogP contribution in [0.25, 0.3) is 10.9 Å². The molecule has 1 aliphatic heterocycles. The summed E-state index contributed by atoms with van der Waals surface area (Å²) in [5, 5.41) is 7.20. The largest absolute Gasteiger partial charge is 0.481 e. The minimum atomic E-state index is -4.44. The van der Waals surface area contributed by atoms with Crippen LogP contribution in [0.2, 0.25) is 0 Å². The maximum absolute atomic E-state index is 14.3. The zero-order valence-electron chi connectivity index (χ0n) is 19.4. The summed E-state index contributed by atoms with van der Waals surface area (Å²) in [5.74, 6) is -1.25. The summed E-state index contributed by atoms with van der Waals surface area (Å²) in [6, 6.07) is 8.11. The van der Waals surface area contributed by atoms with E-state index in [1.165, 1.54) is 29.8 Å². The van der Waals surface area contributed by atoms with E-state index in [4.69, 9.17) is 14.5 Å². The molecule has 1 aliphatic rings. The summed E-state index contributed by atoms with van der Waals surface area (Å²) in [5.41, 5.74) is 0.362. The predicted octanol–water partition coefficient (Wildman–Crippen LogP) is 2.49. The number of rotatable bonds is 8. The number of carbonyl (C=O) groups excluding carboxylic acids is 3. The van der Waals surface area contributed by atoms with Gasteiger partial charge in [0.2, 0.25) is 11.8 Å². The molecule has 0 spiro atoms. The second kappa shape index (κ2) is 10.7. The lowest BCUT2D eigenvalue weighted by Crippen LogP contribution is -2.44. The van der Waals surface area contributed by atoms with Gasteiger partial charge in [-0.25, -0.2) is 9.37 Å². The van der Waals surface area contributed by atoms with E-state index >= 15 is 0 Å². The number of pyridine rings is 1. The Bertz CT molecular complexity index is 1430. The van der Waals surface area contributed by atoms with Crippen LogP contribution in [0, 0.1) is 0 Å². The van der Waals surface area contributed by atoms with E-state index in [9.17, 15) is 23.3 Å². The number of halogens is 2. The Labute approximate surface area is 218 Å². The predicted molar refractivity (Wildman–Crippen MR) is 133 cm³/mol. The molecule has 0 saturated carbocycles. The number of hydrogen-bond donors (Lipinski definition) is 3. The van der Waals surface area contributed by atoms with E-state index in [0.717, 1.165) is 4.90 Å². The molecule has 1 saturated heterocycles. The van der Waals surface area contributed by atoms with Crippen LogP contribution in [0.3, 0.4) is 0 Å². The van der Waals surface area contributed by atoms with Gasteiger partial charge in [0.05, 0.1) is 12.1 Å². The molecule has 12 nitrogen and oxygen atoms in total. The van der Waals surface area contributed by atoms with Crippen molar-refractivity contribution in [3.8, 4) is 5.75 Å². The quantitative estimate of drug-likeness (QED) is 0.201. The highest BCUT2D eigenvalue weighted by Crippen LogP contribution is 2.35. The van der Waals surface area contributed by atoms with Crippen molar-refractivity contribution in [2.45, 2.75) is 32.1 Å². The maximum Gasteiger partial charge on any atom is 0.362 e. The van der Waals surface area contributed by atoms with E-state index in [0.29, 0.717) is 9.99 Å². The van der Waals surface area contributed by atoms with Crippen LogP contribution in [-0.2, 0) is 20.7 Å². The molecule has 0 radical (unpaired) electrons. The molecule has 196 valence electrons. The number of benzene rings is 1. The molecule has 1 aromatic carbocycles. The molecular weight excluding hydrogens is 576 g/mol. The number of anilines is 1. The highest BCUT2D eigenvalue weighted by Gasteiger charge is 2.40. The van der Waals surface area contributed by atoms with Crippen LogP contribution < -0.4 is 10.1 Å². The Morgan fingerprint density at radius 3 is 2.70 bits per heavy atom. The first-order valence-corrected chi connectivity index (χ1v) is 13.6. The van der Waals surface area contributed by atoms with Crippen LogP contribution in [0.1, 0.15) is 23.8 Å². The summed E-state index contributed by atoms with van der Waals surface area (Å²) in [6.45, 7) is 0.590. The molecule has 0 bridgehead atoms. The third-order valence-corrected chi connectivity index (χ3v) is 6.49. The number of nitrogens with zero attached hydrogens (tertiary/aromatic N) is 4. The highest BCUT2D eigenvalue weighted by atomic mass is 79.9. The number of amides is 2. The molecule has 2 aromatic heterocycles. The fourth-order valence-electron chi connectivity index (χ4n) is 4.00. The number of ketones is 1. The highest BCUT2D eigenvalue weighted by molar-refractivity contribution is 9.10. The first-order chi connectivity index (χ1) is 17.4. The van der Waals surface area contributed by atoms with Crippen molar-refractivity contribution >= 4 is 57.8 Å². The molecule has 3 aromatic rings.